The van der Waals surface area contributed by atoms with Crippen LogP contribution in [0.25, 0.3) is 0 Å². The molecule has 0 aromatic rings. The standard InChI is InChI=1S/C24H35N3O5/c1-6-11-25-12-7-9-16-17(20(25)29)18-21(30)27(15(2)14-28)19-22(31)26(23(3,4)5)13-8-10-24(18,19)32-16/h7-10,15-19,28H,6,11-14H2,1-5H3/t15-,16-,17+,18+,19?,24+/m1/s1. The molecule has 0 radical (unpaired) electrons. The molecular weight excluding hydrogens is 410 g/mol. The Balaban J connectivity index is 1.85. The highest BCUT2D eigenvalue weighted by Gasteiger charge is 2.72. The molecule has 4 aliphatic rings. The van der Waals surface area contributed by atoms with E-state index in [1.165, 1.54) is 4.90 Å². The molecule has 0 aromatic heterocycles. The summed E-state index contributed by atoms with van der Waals surface area (Å²) < 4.78 is 6.55. The fraction of sp³-hybridized carbons (Fsp3) is 0.708. The maximum atomic E-state index is 13.9. The molecule has 4 heterocycles. The van der Waals surface area contributed by atoms with E-state index < -0.39 is 41.2 Å². The third kappa shape index (κ3) is 3.22. The van der Waals surface area contributed by atoms with E-state index in [9.17, 15) is 19.5 Å². The van der Waals surface area contributed by atoms with Gasteiger partial charge in [0.2, 0.25) is 17.7 Å². The smallest absolute Gasteiger partial charge is 0.249 e. The van der Waals surface area contributed by atoms with Crippen molar-refractivity contribution in [3.05, 3.63) is 24.3 Å². The van der Waals surface area contributed by atoms with Gasteiger partial charge in [-0.1, -0.05) is 31.2 Å². The van der Waals surface area contributed by atoms with Gasteiger partial charge in [-0.3, -0.25) is 14.4 Å². The normalized spacial score (nSPS) is 35.6. The van der Waals surface area contributed by atoms with Crippen molar-refractivity contribution in [3.63, 3.8) is 0 Å². The van der Waals surface area contributed by atoms with Crippen LogP contribution >= 0.6 is 0 Å². The Kier molecular flexibility index (Phi) is 5.74. The second kappa shape index (κ2) is 7.99. The van der Waals surface area contributed by atoms with Crippen LogP contribution in [0.1, 0.15) is 41.0 Å². The average molecular weight is 446 g/mol. The molecule has 1 N–H and O–H groups in total. The summed E-state index contributed by atoms with van der Waals surface area (Å²) in [6.07, 6.45) is 7.78. The molecule has 2 fully saturated rings. The zero-order chi connectivity index (χ0) is 23.4. The summed E-state index contributed by atoms with van der Waals surface area (Å²) in [5.74, 6) is -2.10. The van der Waals surface area contributed by atoms with Gasteiger partial charge in [0.15, 0.2) is 0 Å². The van der Waals surface area contributed by atoms with E-state index in [-0.39, 0.29) is 24.3 Å². The monoisotopic (exact) mass is 445 g/mol. The molecule has 0 aliphatic carbocycles. The van der Waals surface area contributed by atoms with E-state index in [0.717, 1.165) is 6.42 Å². The first-order chi connectivity index (χ1) is 15.1. The molecule has 6 atom stereocenters. The number of amides is 3. The number of nitrogens with zero attached hydrogens (tertiary/aromatic N) is 3. The maximum Gasteiger partial charge on any atom is 0.249 e. The van der Waals surface area contributed by atoms with Crippen LogP contribution in [0.2, 0.25) is 0 Å². The van der Waals surface area contributed by atoms with Crippen LogP contribution in [0.4, 0.5) is 0 Å². The highest BCUT2D eigenvalue weighted by atomic mass is 16.5. The van der Waals surface area contributed by atoms with Gasteiger partial charge in [-0.2, -0.15) is 0 Å². The van der Waals surface area contributed by atoms with Crippen molar-refractivity contribution >= 4 is 17.7 Å². The number of rotatable bonds is 4. The lowest BCUT2D eigenvalue weighted by molar-refractivity contribution is -0.153. The summed E-state index contributed by atoms with van der Waals surface area (Å²) in [5.41, 5.74) is -1.69. The molecule has 32 heavy (non-hydrogen) atoms. The van der Waals surface area contributed by atoms with E-state index in [1.54, 1.807) is 16.7 Å². The van der Waals surface area contributed by atoms with Gasteiger partial charge in [0.25, 0.3) is 0 Å². The molecule has 4 aliphatic heterocycles. The van der Waals surface area contributed by atoms with E-state index >= 15 is 0 Å². The number of aliphatic hydroxyl groups is 1. The van der Waals surface area contributed by atoms with Crippen molar-refractivity contribution in [2.45, 2.75) is 70.4 Å². The van der Waals surface area contributed by atoms with Crippen molar-refractivity contribution in [1.29, 1.82) is 0 Å². The average Bonchev–Trinajstić information content (AvgIpc) is 3.05. The summed E-state index contributed by atoms with van der Waals surface area (Å²) in [7, 11) is 0. The zero-order valence-corrected chi connectivity index (χ0v) is 19.7. The lowest BCUT2D eigenvalue weighted by Gasteiger charge is -2.41. The van der Waals surface area contributed by atoms with Gasteiger partial charge in [0, 0.05) is 25.2 Å². The minimum atomic E-state index is -1.23. The SMILES string of the molecule is CCCN1CC=C[C@H]2O[C@]34C=CCN(C(C)(C)C)C(=O)C3N([C@H](C)CO)C(=O)[C@@H]4[C@H]2C1=O. The van der Waals surface area contributed by atoms with Crippen molar-refractivity contribution in [3.8, 4) is 0 Å². The van der Waals surface area contributed by atoms with E-state index in [2.05, 4.69) is 0 Å². The van der Waals surface area contributed by atoms with Crippen LogP contribution in [0.15, 0.2) is 24.3 Å². The molecule has 0 bridgehead atoms. The molecule has 0 saturated carbocycles. The number of aliphatic hydroxyl groups excluding tert-OH is 1. The molecule has 2 saturated heterocycles. The minimum Gasteiger partial charge on any atom is -0.394 e. The van der Waals surface area contributed by atoms with Gasteiger partial charge in [0.1, 0.15) is 11.6 Å². The Labute approximate surface area is 189 Å². The topological polar surface area (TPSA) is 90.4 Å². The highest BCUT2D eigenvalue weighted by molar-refractivity contribution is 6.00. The van der Waals surface area contributed by atoms with Crippen LogP contribution in [0.5, 0.6) is 0 Å². The fourth-order valence-electron chi connectivity index (χ4n) is 5.77. The van der Waals surface area contributed by atoms with Crippen LogP contribution in [0, 0.1) is 11.8 Å². The van der Waals surface area contributed by atoms with E-state index in [4.69, 9.17) is 4.74 Å². The quantitative estimate of drug-likeness (QED) is 0.651. The number of hydrogen-bond donors (Lipinski definition) is 1. The molecular formula is C24H35N3O5. The minimum absolute atomic E-state index is 0.105. The van der Waals surface area contributed by atoms with Gasteiger partial charge < -0.3 is 24.5 Å². The molecule has 176 valence electrons. The van der Waals surface area contributed by atoms with E-state index in [1.807, 2.05) is 52.0 Å². The van der Waals surface area contributed by atoms with Gasteiger partial charge in [-0.25, -0.2) is 0 Å². The summed E-state index contributed by atoms with van der Waals surface area (Å²) in [6, 6.07) is -1.50. The lowest BCUT2D eigenvalue weighted by atomic mass is 9.77. The van der Waals surface area contributed by atoms with Gasteiger partial charge in [0.05, 0.1) is 30.6 Å². The number of carbonyl (C=O) groups excluding carboxylic acids is 3. The van der Waals surface area contributed by atoms with Gasteiger partial charge in [-0.05, 0) is 34.1 Å². The Morgan fingerprint density at radius 2 is 1.88 bits per heavy atom. The second-order valence-corrected chi connectivity index (χ2v) is 10.4. The number of hydrogen-bond acceptors (Lipinski definition) is 5. The largest absolute Gasteiger partial charge is 0.394 e. The van der Waals surface area contributed by atoms with Gasteiger partial charge >= 0.3 is 0 Å². The predicted octanol–water partition coefficient (Wildman–Crippen LogP) is 0.953. The summed E-state index contributed by atoms with van der Waals surface area (Å²) >= 11 is 0. The third-order valence-corrected chi connectivity index (χ3v) is 7.22. The van der Waals surface area contributed by atoms with Crippen molar-refractivity contribution in [2.75, 3.05) is 26.2 Å². The zero-order valence-electron chi connectivity index (χ0n) is 19.7. The molecule has 1 spiro atoms. The first-order valence-electron chi connectivity index (χ1n) is 11.6. The summed E-state index contributed by atoms with van der Waals surface area (Å²) in [6.45, 7) is 10.8. The number of ether oxygens (including phenoxy) is 1. The van der Waals surface area contributed by atoms with Crippen molar-refractivity contribution < 1.29 is 24.2 Å². The molecule has 0 aromatic carbocycles. The van der Waals surface area contributed by atoms with E-state index in [0.29, 0.717) is 19.6 Å². The van der Waals surface area contributed by atoms with Crippen LogP contribution in [-0.4, -0.2) is 93.1 Å². The molecule has 1 unspecified atom stereocenters. The second-order valence-electron chi connectivity index (χ2n) is 10.4. The Morgan fingerprint density at radius 1 is 1.16 bits per heavy atom. The lowest BCUT2D eigenvalue weighted by Crippen LogP contribution is -2.60. The fourth-order valence-corrected chi connectivity index (χ4v) is 5.77. The highest BCUT2D eigenvalue weighted by Crippen LogP contribution is 2.54. The summed E-state index contributed by atoms with van der Waals surface area (Å²) in [4.78, 5) is 46.4. The molecule has 8 nitrogen and oxygen atoms in total. The summed E-state index contributed by atoms with van der Waals surface area (Å²) in [5, 5.41) is 9.92. The maximum absolute atomic E-state index is 13.9. The van der Waals surface area contributed by atoms with Crippen molar-refractivity contribution in [1.82, 2.24) is 14.7 Å². The Bertz CT molecular complexity index is 862. The molecule has 3 amide bonds. The Hall–Kier alpha value is -2.19. The number of carbonyl (C=O) groups is 3. The first-order valence-corrected chi connectivity index (χ1v) is 11.6. The number of likely N-dealkylation sites (tertiary alicyclic amines) is 1. The molecule has 4 rings (SSSR count). The third-order valence-electron chi connectivity index (χ3n) is 7.22. The van der Waals surface area contributed by atoms with Crippen molar-refractivity contribution in [2.24, 2.45) is 11.8 Å². The predicted molar refractivity (Wildman–Crippen MR) is 118 cm³/mol. The first kappa shape index (κ1) is 23.0. The Morgan fingerprint density at radius 3 is 2.50 bits per heavy atom. The van der Waals surface area contributed by atoms with Crippen LogP contribution < -0.4 is 0 Å². The molecule has 8 heteroatoms. The van der Waals surface area contributed by atoms with Gasteiger partial charge in [-0.15, -0.1) is 0 Å². The number of fused-ring (bicyclic) bond motifs is 2. The van der Waals surface area contributed by atoms with Crippen LogP contribution in [0.3, 0.4) is 0 Å². The van der Waals surface area contributed by atoms with Crippen LogP contribution in [-0.2, 0) is 19.1 Å².